The monoisotopic (exact) mass is 557 g/mol. The third kappa shape index (κ3) is 5.07. The largest absolute Gasteiger partial charge is 0.335 e. The van der Waals surface area contributed by atoms with Gasteiger partial charge in [-0.15, -0.1) is 22.7 Å². The van der Waals surface area contributed by atoms with Gasteiger partial charge in [0, 0.05) is 53.3 Å². The van der Waals surface area contributed by atoms with Gasteiger partial charge in [-0.1, -0.05) is 18.5 Å². The molecule has 1 aromatic carbocycles. The number of nitro groups is 1. The van der Waals surface area contributed by atoms with Crippen molar-refractivity contribution in [2.24, 2.45) is 5.92 Å². The summed E-state index contributed by atoms with van der Waals surface area (Å²) in [6.07, 6.45) is 2.88. The highest BCUT2D eigenvalue weighted by Gasteiger charge is 2.28. The van der Waals surface area contributed by atoms with Crippen molar-refractivity contribution in [2.75, 3.05) is 38.0 Å². The van der Waals surface area contributed by atoms with Crippen molar-refractivity contribution in [1.82, 2.24) is 9.80 Å². The summed E-state index contributed by atoms with van der Waals surface area (Å²) in [5.41, 5.74) is 1.64. The molecule has 1 aliphatic carbocycles. The molecular formula is C25H24ClN5O4S2. The molecule has 1 fully saturated rings. The van der Waals surface area contributed by atoms with E-state index in [4.69, 9.17) is 11.6 Å². The fourth-order valence-corrected chi connectivity index (χ4v) is 7.77. The SMILES string of the molecule is CC1CCc2c(sc(NC(=O)CN3CCN(C(=O)c4sc5cc([N+](=O)[O-])ccc5c4Cl)CC3)c2C#N)C1. The quantitative estimate of drug-likeness (QED) is 0.351. The summed E-state index contributed by atoms with van der Waals surface area (Å²) in [4.78, 5) is 41.8. The van der Waals surface area contributed by atoms with E-state index < -0.39 is 4.92 Å². The first-order valence-corrected chi connectivity index (χ1v) is 14.0. The molecule has 9 nitrogen and oxygen atoms in total. The smallest absolute Gasteiger partial charge is 0.270 e. The number of carbonyl (C=O) groups is 2. The van der Waals surface area contributed by atoms with Crippen LogP contribution in [-0.4, -0.2) is 59.3 Å². The van der Waals surface area contributed by atoms with Crippen LogP contribution >= 0.6 is 34.3 Å². The van der Waals surface area contributed by atoms with E-state index in [1.807, 2.05) is 4.90 Å². The standard InChI is InChI=1S/C25H24ClN5O4S2/c1-14-2-4-16-18(12-27)24(37-19(16)10-14)28-21(32)13-29-6-8-30(9-7-29)25(33)23-22(26)17-5-3-15(31(34)35)11-20(17)36-23/h3,5,11,14H,2,4,6-10,13H2,1H3,(H,28,32). The van der Waals surface area contributed by atoms with E-state index in [9.17, 15) is 25.0 Å². The summed E-state index contributed by atoms with van der Waals surface area (Å²) in [5.74, 6) is 0.202. The number of halogens is 1. The van der Waals surface area contributed by atoms with Gasteiger partial charge in [-0.3, -0.25) is 24.6 Å². The Morgan fingerprint density at radius 2 is 2.03 bits per heavy atom. The zero-order valence-electron chi connectivity index (χ0n) is 20.1. The molecule has 0 spiro atoms. The van der Waals surface area contributed by atoms with E-state index in [-0.39, 0.29) is 24.0 Å². The molecular weight excluding hydrogens is 534 g/mol. The Balaban J connectivity index is 1.19. The van der Waals surface area contributed by atoms with Crippen molar-refractivity contribution in [3.05, 3.63) is 54.2 Å². The molecule has 1 N–H and O–H groups in total. The van der Waals surface area contributed by atoms with Crippen LogP contribution in [0.2, 0.25) is 5.02 Å². The summed E-state index contributed by atoms with van der Waals surface area (Å²) in [6, 6.07) is 6.66. The molecule has 2 aromatic heterocycles. The minimum atomic E-state index is -0.474. The van der Waals surface area contributed by atoms with Crippen molar-refractivity contribution in [3.63, 3.8) is 0 Å². The molecule has 2 amide bonds. The Morgan fingerprint density at radius 1 is 1.27 bits per heavy atom. The molecule has 1 atom stereocenters. The number of thiophene rings is 2. The summed E-state index contributed by atoms with van der Waals surface area (Å²) in [7, 11) is 0. The number of rotatable bonds is 5. The van der Waals surface area contributed by atoms with E-state index >= 15 is 0 Å². The van der Waals surface area contributed by atoms with Gasteiger partial charge in [0.25, 0.3) is 11.6 Å². The number of piperazine rings is 1. The molecule has 2 aliphatic rings. The molecule has 12 heteroatoms. The van der Waals surface area contributed by atoms with Gasteiger partial charge in [-0.2, -0.15) is 5.26 Å². The van der Waals surface area contributed by atoms with Crippen LogP contribution in [0.3, 0.4) is 0 Å². The van der Waals surface area contributed by atoms with Crippen LogP contribution in [0.1, 0.15) is 39.0 Å². The van der Waals surface area contributed by atoms with E-state index in [0.29, 0.717) is 62.6 Å². The average Bonchev–Trinajstić information content (AvgIpc) is 3.39. The van der Waals surface area contributed by atoms with Gasteiger partial charge in [-0.05, 0) is 36.8 Å². The predicted molar refractivity (Wildman–Crippen MR) is 145 cm³/mol. The number of non-ortho nitro benzene ring substituents is 1. The number of anilines is 1. The van der Waals surface area contributed by atoms with E-state index in [0.717, 1.165) is 36.2 Å². The number of fused-ring (bicyclic) bond motifs is 2. The van der Waals surface area contributed by atoms with Crippen molar-refractivity contribution in [1.29, 1.82) is 5.26 Å². The molecule has 0 bridgehead atoms. The number of amides is 2. The van der Waals surface area contributed by atoms with E-state index in [1.54, 1.807) is 11.0 Å². The van der Waals surface area contributed by atoms with Gasteiger partial charge >= 0.3 is 0 Å². The molecule has 1 unspecified atom stereocenters. The Kier molecular flexibility index (Phi) is 7.18. The van der Waals surface area contributed by atoms with Gasteiger partial charge in [-0.25, -0.2) is 0 Å². The molecule has 37 heavy (non-hydrogen) atoms. The molecule has 1 aliphatic heterocycles. The summed E-state index contributed by atoms with van der Waals surface area (Å²) >= 11 is 9.12. The van der Waals surface area contributed by atoms with Gasteiger partial charge < -0.3 is 10.2 Å². The minimum absolute atomic E-state index is 0.0459. The summed E-state index contributed by atoms with van der Waals surface area (Å²) in [6.45, 7) is 4.31. The first-order chi connectivity index (χ1) is 17.7. The highest BCUT2D eigenvalue weighted by molar-refractivity contribution is 7.21. The second-order valence-electron chi connectivity index (χ2n) is 9.47. The zero-order chi connectivity index (χ0) is 26.3. The highest BCUT2D eigenvalue weighted by Crippen LogP contribution is 2.40. The lowest BCUT2D eigenvalue weighted by Gasteiger charge is -2.34. The second-order valence-corrected chi connectivity index (χ2v) is 12.0. The van der Waals surface area contributed by atoms with Crippen molar-refractivity contribution in [2.45, 2.75) is 26.2 Å². The number of nitrogens with one attached hydrogen (secondary N) is 1. The maximum Gasteiger partial charge on any atom is 0.270 e. The van der Waals surface area contributed by atoms with Gasteiger partial charge in [0.2, 0.25) is 5.91 Å². The molecule has 3 heterocycles. The Morgan fingerprint density at radius 3 is 2.73 bits per heavy atom. The number of hydrogen-bond donors (Lipinski definition) is 1. The number of nitriles is 1. The molecule has 5 rings (SSSR count). The number of hydrogen-bond acceptors (Lipinski definition) is 8. The fraction of sp³-hybridized carbons (Fsp3) is 0.400. The molecule has 0 saturated carbocycles. The maximum atomic E-state index is 13.2. The van der Waals surface area contributed by atoms with Crippen molar-refractivity contribution < 1.29 is 14.5 Å². The molecule has 1 saturated heterocycles. The maximum absolute atomic E-state index is 13.2. The third-order valence-electron chi connectivity index (χ3n) is 6.92. The van der Waals surface area contributed by atoms with Crippen molar-refractivity contribution in [3.8, 4) is 6.07 Å². The van der Waals surface area contributed by atoms with Gasteiger partial charge in [0.05, 0.1) is 22.1 Å². The number of carbonyl (C=O) groups excluding carboxylic acids is 2. The first kappa shape index (κ1) is 25.6. The van der Waals surface area contributed by atoms with Crippen LogP contribution in [-0.2, 0) is 17.6 Å². The highest BCUT2D eigenvalue weighted by atomic mass is 35.5. The van der Waals surface area contributed by atoms with E-state index in [2.05, 4.69) is 18.3 Å². The van der Waals surface area contributed by atoms with Crippen molar-refractivity contribution >= 4 is 66.9 Å². The zero-order valence-corrected chi connectivity index (χ0v) is 22.5. The van der Waals surface area contributed by atoms with Crippen LogP contribution < -0.4 is 5.32 Å². The van der Waals surface area contributed by atoms with Crippen LogP contribution in [0, 0.1) is 27.4 Å². The Labute approximate surface area is 226 Å². The van der Waals surface area contributed by atoms with Crippen LogP contribution in [0.4, 0.5) is 10.7 Å². The van der Waals surface area contributed by atoms with Gasteiger partial charge in [0.1, 0.15) is 15.9 Å². The second kappa shape index (κ2) is 10.4. The minimum Gasteiger partial charge on any atom is -0.335 e. The first-order valence-electron chi connectivity index (χ1n) is 12.0. The summed E-state index contributed by atoms with van der Waals surface area (Å²) < 4.78 is 0.597. The molecule has 192 valence electrons. The lowest BCUT2D eigenvalue weighted by atomic mass is 9.89. The normalized spacial score (nSPS) is 17.9. The molecule has 3 aromatic rings. The fourth-order valence-electron chi connectivity index (χ4n) is 4.88. The third-order valence-corrected chi connectivity index (χ3v) is 9.74. The lowest BCUT2D eigenvalue weighted by Crippen LogP contribution is -2.50. The Hall–Kier alpha value is -3.04. The van der Waals surface area contributed by atoms with Crippen LogP contribution in [0.15, 0.2) is 18.2 Å². The number of benzene rings is 1. The predicted octanol–water partition coefficient (Wildman–Crippen LogP) is 4.92. The summed E-state index contributed by atoms with van der Waals surface area (Å²) in [5, 5.41) is 25.3. The average molecular weight is 558 g/mol. The Bertz CT molecular complexity index is 1450. The number of nitrogens with zero attached hydrogens (tertiary/aromatic N) is 4. The van der Waals surface area contributed by atoms with Gasteiger partial charge in [0.15, 0.2) is 0 Å². The molecule has 0 radical (unpaired) electrons. The number of nitro benzene ring substituents is 1. The van der Waals surface area contributed by atoms with Crippen LogP contribution in [0.5, 0.6) is 0 Å². The topological polar surface area (TPSA) is 120 Å². The lowest BCUT2D eigenvalue weighted by molar-refractivity contribution is -0.384. The van der Waals surface area contributed by atoms with E-state index in [1.165, 1.54) is 28.3 Å². The van der Waals surface area contributed by atoms with Crippen LogP contribution in [0.25, 0.3) is 10.1 Å².